The van der Waals surface area contributed by atoms with Crippen molar-refractivity contribution in [1.82, 2.24) is 24.8 Å². The molecule has 0 radical (unpaired) electrons. The maximum atomic E-state index is 9.86. The molecule has 1 aliphatic rings. The number of likely N-dealkylation sites (tertiary alicyclic amines) is 1. The van der Waals surface area contributed by atoms with E-state index in [9.17, 15) is 5.11 Å². The summed E-state index contributed by atoms with van der Waals surface area (Å²) >= 11 is 0. The lowest BCUT2D eigenvalue weighted by Gasteiger charge is -2.16. The molecular weight excluding hydrogens is 484 g/mol. The number of hydrogen-bond donors (Lipinski definition) is 2. The molecule has 0 aliphatic carbocycles. The second-order valence-corrected chi connectivity index (χ2v) is 9.78. The van der Waals surface area contributed by atoms with Gasteiger partial charge >= 0.3 is 0 Å². The highest BCUT2D eigenvalue weighted by molar-refractivity contribution is 5.80. The maximum absolute atomic E-state index is 9.86. The van der Waals surface area contributed by atoms with Gasteiger partial charge in [0.05, 0.1) is 11.4 Å². The third kappa shape index (κ3) is 5.94. The van der Waals surface area contributed by atoms with Crippen LogP contribution in [0, 0.1) is 0 Å². The molecule has 0 bridgehead atoms. The zero-order chi connectivity index (χ0) is 26.4. The van der Waals surface area contributed by atoms with Gasteiger partial charge in [-0.3, -0.25) is 14.9 Å². The molecule has 39 heavy (non-hydrogen) atoms. The predicted octanol–water partition coefficient (Wildman–Crippen LogP) is 6.18. The van der Waals surface area contributed by atoms with Crippen molar-refractivity contribution in [3.8, 4) is 39.8 Å². The quantitative estimate of drug-likeness (QED) is 0.256. The third-order valence-corrected chi connectivity index (χ3v) is 6.89. The van der Waals surface area contributed by atoms with Gasteiger partial charge in [-0.2, -0.15) is 0 Å². The van der Waals surface area contributed by atoms with Crippen molar-refractivity contribution in [2.24, 2.45) is 0 Å². The number of nitrogens with one attached hydrogen (secondary N) is 1. The molecule has 2 N–H and O–H groups in total. The number of rotatable bonds is 8. The van der Waals surface area contributed by atoms with Gasteiger partial charge in [-0.25, -0.2) is 9.97 Å². The van der Waals surface area contributed by atoms with Crippen molar-refractivity contribution in [3.63, 3.8) is 0 Å². The zero-order valence-electron chi connectivity index (χ0n) is 21.7. The van der Waals surface area contributed by atoms with Crippen LogP contribution < -0.4 is 5.32 Å². The molecule has 0 saturated carbocycles. The van der Waals surface area contributed by atoms with Crippen LogP contribution in [0.3, 0.4) is 0 Å². The summed E-state index contributed by atoms with van der Waals surface area (Å²) in [5.74, 6) is 1.43. The number of phenolic OH excluding ortho intramolecular Hbond substituents is 1. The van der Waals surface area contributed by atoms with E-state index in [1.807, 2.05) is 48.7 Å². The Labute approximate surface area is 228 Å². The SMILES string of the molecule is Oc1cccc(CNc2cc(-c3cccnc3-c3cccc(CN4CCCC4)c3)nc(-c3ccccn3)n2)c1. The number of benzene rings is 2. The Balaban J connectivity index is 1.38. The van der Waals surface area contributed by atoms with Gasteiger partial charge in [-0.15, -0.1) is 0 Å². The summed E-state index contributed by atoms with van der Waals surface area (Å²) in [6, 6.07) is 27.5. The van der Waals surface area contributed by atoms with Gasteiger partial charge in [0.25, 0.3) is 0 Å². The van der Waals surface area contributed by atoms with E-state index in [0.717, 1.165) is 47.7 Å². The lowest BCUT2D eigenvalue weighted by atomic mass is 10.0. The van der Waals surface area contributed by atoms with Crippen molar-refractivity contribution in [1.29, 1.82) is 0 Å². The summed E-state index contributed by atoms with van der Waals surface area (Å²) in [6.07, 6.45) is 6.12. The topological polar surface area (TPSA) is 87.1 Å². The summed E-state index contributed by atoms with van der Waals surface area (Å²) in [6.45, 7) is 3.78. The Kier molecular flexibility index (Phi) is 7.23. The molecule has 6 rings (SSSR count). The van der Waals surface area contributed by atoms with E-state index in [2.05, 4.69) is 45.5 Å². The Hall–Kier alpha value is -4.62. The largest absolute Gasteiger partial charge is 0.508 e. The van der Waals surface area contributed by atoms with Crippen LogP contribution in [0.2, 0.25) is 0 Å². The lowest BCUT2D eigenvalue weighted by molar-refractivity contribution is 0.331. The van der Waals surface area contributed by atoms with Crippen molar-refractivity contribution >= 4 is 5.82 Å². The molecule has 3 aromatic heterocycles. The average molecular weight is 515 g/mol. The van der Waals surface area contributed by atoms with Crippen molar-refractivity contribution in [2.45, 2.75) is 25.9 Å². The minimum Gasteiger partial charge on any atom is -0.508 e. The van der Waals surface area contributed by atoms with Crippen LogP contribution in [-0.2, 0) is 13.1 Å². The van der Waals surface area contributed by atoms with Crippen LogP contribution >= 0.6 is 0 Å². The number of nitrogens with zero attached hydrogens (tertiary/aromatic N) is 5. The van der Waals surface area contributed by atoms with Gasteiger partial charge in [-0.05, 0) is 79.5 Å². The molecule has 0 atom stereocenters. The number of hydrogen-bond acceptors (Lipinski definition) is 7. The molecule has 7 nitrogen and oxygen atoms in total. The second kappa shape index (κ2) is 11.4. The van der Waals surface area contributed by atoms with Crippen LogP contribution in [0.4, 0.5) is 5.82 Å². The molecule has 7 heteroatoms. The van der Waals surface area contributed by atoms with Crippen molar-refractivity contribution in [3.05, 3.63) is 108 Å². The van der Waals surface area contributed by atoms with Gasteiger partial charge in [0.2, 0.25) is 0 Å². The van der Waals surface area contributed by atoms with Crippen LogP contribution in [0.25, 0.3) is 34.0 Å². The molecular formula is C32H30N6O. The van der Waals surface area contributed by atoms with E-state index in [0.29, 0.717) is 23.9 Å². The Morgan fingerprint density at radius 1 is 0.744 bits per heavy atom. The van der Waals surface area contributed by atoms with Gasteiger partial charge < -0.3 is 10.4 Å². The number of phenols is 1. The number of anilines is 1. The fourth-order valence-electron chi connectivity index (χ4n) is 5.00. The first kappa shape index (κ1) is 24.7. The first-order valence-corrected chi connectivity index (χ1v) is 13.3. The van der Waals surface area contributed by atoms with Crippen LogP contribution in [-0.4, -0.2) is 43.0 Å². The first-order valence-electron chi connectivity index (χ1n) is 13.3. The molecule has 1 saturated heterocycles. The minimum absolute atomic E-state index is 0.235. The van der Waals surface area contributed by atoms with E-state index in [-0.39, 0.29) is 5.75 Å². The molecule has 5 aromatic rings. The van der Waals surface area contributed by atoms with Gasteiger partial charge in [-0.1, -0.05) is 36.4 Å². The normalized spacial score (nSPS) is 13.4. The molecule has 0 amide bonds. The van der Waals surface area contributed by atoms with Gasteiger partial charge in [0.15, 0.2) is 5.82 Å². The number of pyridine rings is 2. The standard InChI is InChI=1S/C32H30N6O/c39-26-11-6-8-23(19-26)21-35-30-20-29(36-32(37-30)28-13-1-2-14-33-28)27-12-7-15-34-31(27)25-10-5-9-24(18-25)22-38-16-3-4-17-38/h1-2,5-15,18-20,39H,3-4,16-17,21-22H2,(H,35,36,37). The fourth-order valence-corrected chi connectivity index (χ4v) is 5.00. The second-order valence-electron chi connectivity index (χ2n) is 9.78. The summed E-state index contributed by atoms with van der Waals surface area (Å²) in [7, 11) is 0. The predicted molar refractivity (Wildman–Crippen MR) is 154 cm³/mol. The number of aromatic hydroxyl groups is 1. The monoisotopic (exact) mass is 514 g/mol. The first-order chi connectivity index (χ1) is 19.2. The molecule has 1 aliphatic heterocycles. The Morgan fingerprint density at radius 3 is 2.44 bits per heavy atom. The number of aromatic nitrogens is 4. The Bertz CT molecular complexity index is 1570. The molecule has 194 valence electrons. The zero-order valence-corrected chi connectivity index (χ0v) is 21.7. The summed E-state index contributed by atoms with van der Waals surface area (Å²) in [4.78, 5) is 21.5. The van der Waals surface area contributed by atoms with E-state index < -0.39 is 0 Å². The van der Waals surface area contributed by atoms with Gasteiger partial charge in [0, 0.05) is 42.7 Å². The van der Waals surface area contributed by atoms with Crippen LogP contribution in [0.15, 0.2) is 97.3 Å². The highest BCUT2D eigenvalue weighted by Gasteiger charge is 2.16. The van der Waals surface area contributed by atoms with E-state index in [1.54, 1.807) is 18.3 Å². The molecule has 4 heterocycles. The van der Waals surface area contributed by atoms with E-state index >= 15 is 0 Å². The van der Waals surface area contributed by atoms with Gasteiger partial charge in [0.1, 0.15) is 17.3 Å². The highest BCUT2D eigenvalue weighted by atomic mass is 16.3. The van der Waals surface area contributed by atoms with E-state index in [1.165, 1.54) is 18.4 Å². The van der Waals surface area contributed by atoms with Crippen LogP contribution in [0.5, 0.6) is 5.75 Å². The summed E-state index contributed by atoms with van der Waals surface area (Å²) < 4.78 is 0. The molecule has 0 unspecified atom stereocenters. The highest BCUT2D eigenvalue weighted by Crippen LogP contribution is 2.32. The minimum atomic E-state index is 0.235. The van der Waals surface area contributed by atoms with Crippen molar-refractivity contribution in [2.75, 3.05) is 18.4 Å². The van der Waals surface area contributed by atoms with E-state index in [4.69, 9.17) is 15.0 Å². The third-order valence-electron chi connectivity index (χ3n) is 6.89. The summed E-state index contributed by atoms with van der Waals surface area (Å²) in [5.41, 5.74) is 6.56. The van der Waals surface area contributed by atoms with Crippen molar-refractivity contribution < 1.29 is 5.11 Å². The average Bonchev–Trinajstić information content (AvgIpc) is 3.50. The van der Waals surface area contributed by atoms with Crippen LogP contribution in [0.1, 0.15) is 24.0 Å². The maximum Gasteiger partial charge on any atom is 0.180 e. The molecule has 2 aromatic carbocycles. The fraction of sp³-hybridized carbons (Fsp3) is 0.188. The lowest BCUT2D eigenvalue weighted by Crippen LogP contribution is -2.18. The Morgan fingerprint density at radius 2 is 1.59 bits per heavy atom. The smallest absolute Gasteiger partial charge is 0.180 e. The summed E-state index contributed by atoms with van der Waals surface area (Å²) in [5, 5.41) is 13.3. The molecule has 1 fully saturated rings. The molecule has 0 spiro atoms.